The zero-order chi connectivity index (χ0) is 15.0. The van der Waals surface area contributed by atoms with Gasteiger partial charge in [0.1, 0.15) is 0 Å². The van der Waals surface area contributed by atoms with Crippen molar-refractivity contribution < 1.29 is 4.79 Å². The van der Waals surface area contributed by atoms with Gasteiger partial charge in [-0.1, -0.05) is 11.6 Å². The fourth-order valence-corrected chi connectivity index (χ4v) is 2.57. The molecule has 0 bridgehead atoms. The van der Waals surface area contributed by atoms with Gasteiger partial charge in [-0.25, -0.2) is 0 Å². The first-order valence-electron chi connectivity index (χ1n) is 6.70. The van der Waals surface area contributed by atoms with Gasteiger partial charge in [-0.05, 0) is 24.6 Å². The van der Waals surface area contributed by atoms with E-state index in [0.717, 1.165) is 29.8 Å². The number of aromatic amines is 1. The number of fused-ring (bicyclic) bond motifs is 1. The number of nitrogen functional groups attached to an aromatic ring is 1. The van der Waals surface area contributed by atoms with Crippen molar-refractivity contribution in [2.24, 2.45) is 0 Å². The minimum absolute atomic E-state index is 0.273. The van der Waals surface area contributed by atoms with Crippen LogP contribution in [0.15, 0.2) is 12.1 Å². The fourth-order valence-electron chi connectivity index (χ4n) is 2.40. The molecule has 0 atom stereocenters. The number of amides is 1. The molecule has 0 fully saturated rings. The van der Waals surface area contributed by atoms with E-state index < -0.39 is 0 Å². The number of anilines is 2. The minimum atomic E-state index is -0.273. The van der Waals surface area contributed by atoms with E-state index in [9.17, 15) is 4.79 Å². The smallest absolute Gasteiger partial charge is 0.276 e. The molecule has 0 saturated heterocycles. The van der Waals surface area contributed by atoms with Crippen LogP contribution < -0.4 is 16.4 Å². The van der Waals surface area contributed by atoms with Crippen LogP contribution in [0.4, 0.5) is 11.4 Å². The Kier molecular flexibility index (Phi) is 3.57. The molecule has 110 valence electrons. The number of H-pyrrole nitrogens is 1. The van der Waals surface area contributed by atoms with Gasteiger partial charge in [0.05, 0.1) is 11.4 Å². The molecule has 3 rings (SSSR count). The Hall–Kier alpha value is -2.05. The van der Waals surface area contributed by atoms with E-state index in [-0.39, 0.29) is 5.91 Å². The van der Waals surface area contributed by atoms with Crippen LogP contribution in [0.1, 0.15) is 27.3 Å². The Bertz CT molecular complexity index is 710. The van der Waals surface area contributed by atoms with Gasteiger partial charge in [0, 0.05) is 35.8 Å². The fraction of sp³-hybridized carbons (Fsp3) is 0.286. The topological polar surface area (TPSA) is 95.8 Å². The molecule has 0 aliphatic carbocycles. The quantitative estimate of drug-likeness (QED) is 0.637. The van der Waals surface area contributed by atoms with E-state index in [1.165, 1.54) is 0 Å². The first kappa shape index (κ1) is 13.9. The molecular formula is C14H16ClN5O. The van der Waals surface area contributed by atoms with Crippen molar-refractivity contribution in [2.75, 3.05) is 17.6 Å². The molecule has 2 aromatic rings. The largest absolute Gasteiger partial charge is 0.397 e. The Labute approximate surface area is 127 Å². The summed E-state index contributed by atoms with van der Waals surface area (Å²) in [5, 5.41) is 13.7. The first-order chi connectivity index (χ1) is 10.1. The average molecular weight is 306 g/mol. The molecule has 0 spiro atoms. The van der Waals surface area contributed by atoms with Crippen LogP contribution in [0.5, 0.6) is 0 Å². The molecule has 7 heteroatoms. The lowest BCUT2D eigenvalue weighted by Gasteiger charge is -2.13. The molecule has 2 heterocycles. The van der Waals surface area contributed by atoms with Crippen LogP contribution >= 0.6 is 11.6 Å². The van der Waals surface area contributed by atoms with Crippen molar-refractivity contribution >= 4 is 28.9 Å². The van der Waals surface area contributed by atoms with Crippen LogP contribution in [0, 0.1) is 6.92 Å². The third-order valence-electron chi connectivity index (χ3n) is 3.60. The Balaban J connectivity index is 1.87. The van der Waals surface area contributed by atoms with Gasteiger partial charge in [0.25, 0.3) is 5.91 Å². The summed E-state index contributed by atoms with van der Waals surface area (Å²) in [6.45, 7) is 3.39. The molecule has 6 nitrogen and oxygen atoms in total. The van der Waals surface area contributed by atoms with E-state index >= 15 is 0 Å². The molecule has 1 aromatic carbocycles. The second-order valence-corrected chi connectivity index (χ2v) is 5.51. The monoisotopic (exact) mass is 305 g/mol. The summed E-state index contributed by atoms with van der Waals surface area (Å²) in [4.78, 5) is 12.4. The standard InChI is InChI=1S/C14H16ClN5O/c1-7-4-12(10(16)5-9(7)15)18-14(21)13-8-6-17-3-2-11(8)19-20-13/h4-5,17H,2-3,6,16H2,1H3,(H,18,21)(H,19,20). The number of aryl methyl sites for hydroxylation is 1. The second kappa shape index (κ2) is 5.38. The molecule has 5 N–H and O–H groups in total. The summed E-state index contributed by atoms with van der Waals surface area (Å²) in [5.41, 5.74) is 10.1. The van der Waals surface area contributed by atoms with Gasteiger partial charge >= 0.3 is 0 Å². The third-order valence-corrected chi connectivity index (χ3v) is 4.01. The normalized spacial score (nSPS) is 13.8. The van der Waals surface area contributed by atoms with Gasteiger partial charge in [0.2, 0.25) is 0 Å². The number of halogens is 1. The lowest BCUT2D eigenvalue weighted by atomic mass is 10.1. The van der Waals surface area contributed by atoms with Crippen LogP contribution in [-0.4, -0.2) is 22.6 Å². The number of carbonyl (C=O) groups excluding carboxylic acids is 1. The van der Waals surface area contributed by atoms with Gasteiger partial charge in [-0.15, -0.1) is 0 Å². The summed E-state index contributed by atoms with van der Waals surface area (Å²) in [7, 11) is 0. The zero-order valence-corrected chi connectivity index (χ0v) is 12.3. The van der Waals surface area contributed by atoms with Gasteiger partial charge in [-0.3, -0.25) is 9.89 Å². The number of nitrogens with two attached hydrogens (primary N) is 1. The number of rotatable bonds is 2. The Morgan fingerprint density at radius 3 is 3.10 bits per heavy atom. The molecule has 0 unspecified atom stereocenters. The maximum atomic E-state index is 12.4. The van der Waals surface area contributed by atoms with E-state index in [1.807, 2.05) is 6.92 Å². The predicted molar refractivity (Wildman–Crippen MR) is 82.6 cm³/mol. The number of nitrogens with one attached hydrogen (secondary N) is 3. The number of benzene rings is 1. The first-order valence-corrected chi connectivity index (χ1v) is 7.08. The summed E-state index contributed by atoms with van der Waals surface area (Å²) >= 11 is 6.00. The molecule has 1 aliphatic heterocycles. The summed E-state index contributed by atoms with van der Waals surface area (Å²) in [6, 6.07) is 3.39. The molecule has 21 heavy (non-hydrogen) atoms. The lowest BCUT2D eigenvalue weighted by molar-refractivity contribution is 0.102. The van der Waals surface area contributed by atoms with E-state index in [1.54, 1.807) is 12.1 Å². The van der Waals surface area contributed by atoms with Gasteiger partial charge < -0.3 is 16.4 Å². The lowest BCUT2D eigenvalue weighted by Crippen LogP contribution is -2.25. The molecule has 0 saturated carbocycles. The number of carbonyl (C=O) groups is 1. The van der Waals surface area contributed by atoms with Crippen molar-refractivity contribution in [1.82, 2.24) is 15.5 Å². The van der Waals surface area contributed by atoms with Crippen molar-refractivity contribution in [3.8, 4) is 0 Å². The van der Waals surface area contributed by atoms with E-state index in [2.05, 4.69) is 20.8 Å². The van der Waals surface area contributed by atoms with Crippen molar-refractivity contribution in [2.45, 2.75) is 19.9 Å². The highest BCUT2D eigenvalue weighted by atomic mass is 35.5. The van der Waals surface area contributed by atoms with E-state index in [4.69, 9.17) is 17.3 Å². The Morgan fingerprint density at radius 2 is 2.29 bits per heavy atom. The average Bonchev–Trinajstić information content (AvgIpc) is 2.88. The van der Waals surface area contributed by atoms with Crippen LogP contribution in [0.25, 0.3) is 0 Å². The second-order valence-electron chi connectivity index (χ2n) is 5.10. The number of aromatic nitrogens is 2. The van der Waals surface area contributed by atoms with Crippen LogP contribution in [-0.2, 0) is 13.0 Å². The van der Waals surface area contributed by atoms with Crippen LogP contribution in [0.2, 0.25) is 5.02 Å². The summed E-state index contributed by atoms with van der Waals surface area (Å²) in [5.74, 6) is -0.273. The maximum absolute atomic E-state index is 12.4. The molecular weight excluding hydrogens is 290 g/mol. The van der Waals surface area contributed by atoms with E-state index in [0.29, 0.717) is 28.6 Å². The van der Waals surface area contributed by atoms with Crippen molar-refractivity contribution in [3.63, 3.8) is 0 Å². The highest BCUT2D eigenvalue weighted by Crippen LogP contribution is 2.27. The molecule has 1 amide bonds. The summed E-state index contributed by atoms with van der Waals surface area (Å²) in [6.07, 6.45) is 0.845. The van der Waals surface area contributed by atoms with Gasteiger partial charge in [0.15, 0.2) is 5.69 Å². The minimum Gasteiger partial charge on any atom is -0.397 e. The van der Waals surface area contributed by atoms with Gasteiger partial charge in [-0.2, -0.15) is 5.10 Å². The number of hydrogen-bond acceptors (Lipinski definition) is 4. The molecule has 1 aliphatic rings. The number of nitrogens with zero attached hydrogens (tertiary/aromatic N) is 1. The predicted octanol–water partition coefficient (Wildman–Crippen LogP) is 1.85. The highest BCUT2D eigenvalue weighted by Gasteiger charge is 2.22. The highest BCUT2D eigenvalue weighted by molar-refractivity contribution is 6.31. The SMILES string of the molecule is Cc1cc(NC(=O)c2n[nH]c3c2CNCC3)c(N)cc1Cl. The summed E-state index contributed by atoms with van der Waals surface area (Å²) < 4.78 is 0. The number of hydrogen-bond donors (Lipinski definition) is 4. The van der Waals surface area contributed by atoms with Crippen molar-refractivity contribution in [1.29, 1.82) is 0 Å². The third kappa shape index (κ3) is 2.59. The maximum Gasteiger partial charge on any atom is 0.276 e. The Morgan fingerprint density at radius 1 is 1.48 bits per heavy atom. The van der Waals surface area contributed by atoms with Crippen LogP contribution in [0.3, 0.4) is 0 Å². The van der Waals surface area contributed by atoms with Crippen molar-refractivity contribution in [3.05, 3.63) is 39.7 Å². The zero-order valence-electron chi connectivity index (χ0n) is 11.6. The molecule has 0 radical (unpaired) electrons. The molecule has 1 aromatic heterocycles.